The Morgan fingerprint density at radius 2 is 1.74 bits per heavy atom. The molecule has 0 fully saturated rings. The summed E-state index contributed by atoms with van der Waals surface area (Å²) in [6.07, 6.45) is 0. The van der Waals surface area contributed by atoms with Crippen molar-refractivity contribution in [1.82, 2.24) is 10.2 Å². The Labute approximate surface area is 140 Å². The molecule has 3 rings (SSSR count). The van der Waals surface area contributed by atoms with E-state index >= 15 is 0 Å². The number of hydrazine groups is 1. The summed E-state index contributed by atoms with van der Waals surface area (Å²) < 4.78 is 0. The van der Waals surface area contributed by atoms with E-state index in [1.54, 1.807) is 24.3 Å². The third-order valence-corrected chi connectivity index (χ3v) is 3.37. The molecule has 0 aliphatic carbocycles. The number of halogens is 2. The summed E-state index contributed by atoms with van der Waals surface area (Å²) in [5.74, 6) is 4.02. The van der Waals surface area contributed by atoms with Crippen LogP contribution in [-0.2, 0) is 0 Å². The number of rotatable bonds is 2. The lowest BCUT2D eigenvalue weighted by atomic mass is 10.2. The first-order valence-corrected chi connectivity index (χ1v) is 7.03. The molecule has 0 atom stereocenters. The smallest absolute Gasteiger partial charge is 0.337 e. The summed E-state index contributed by atoms with van der Waals surface area (Å²) in [7, 11) is 0. The minimum absolute atomic E-state index is 0.0602. The second-order valence-corrected chi connectivity index (χ2v) is 5.28. The van der Waals surface area contributed by atoms with Gasteiger partial charge in [-0.2, -0.15) is 0 Å². The van der Waals surface area contributed by atoms with Crippen molar-refractivity contribution in [1.29, 1.82) is 0 Å². The van der Waals surface area contributed by atoms with E-state index in [1.807, 2.05) is 0 Å². The Morgan fingerprint density at radius 1 is 1.09 bits per heavy atom. The molecule has 120 valence electrons. The van der Waals surface area contributed by atoms with Gasteiger partial charge in [-0.25, -0.2) is 4.79 Å². The number of carbonyl (C=O) groups is 1. The summed E-state index contributed by atoms with van der Waals surface area (Å²) in [6.45, 7) is 0. The number of nitrogens with two attached hydrogens (primary N) is 1. The molecule has 1 aromatic heterocycles. The molecule has 0 aliphatic heterocycles. The van der Waals surface area contributed by atoms with Crippen LogP contribution in [0, 0.1) is 0 Å². The van der Waals surface area contributed by atoms with Gasteiger partial charge in [0.25, 0.3) is 5.56 Å². The maximum absolute atomic E-state index is 11.0. The van der Waals surface area contributed by atoms with Crippen LogP contribution in [0.15, 0.2) is 41.2 Å². The van der Waals surface area contributed by atoms with Crippen molar-refractivity contribution >= 4 is 45.8 Å². The first-order valence-electron chi connectivity index (χ1n) is 6.27. The fraction of sp³-hybridized carbons (Fsp3) is 0. The lowest BCUT2D eigenvalue weighted by Gasteiger charge is -2.04. The molecular formula is C14H12Cl2N4O3. The number of fused-ring (bicyclic) bond motifs is 1. The largest absolute Gasteiger partial charge is 0.478 e. The van der Waals surface area contributed by atoms with Gasteiger partial charge in [0.15, 0.2) is 0 Å². The first-order chi connectivity index (χ1) is 10.9. The predicted octanol–water partition coefficient (Wildman–Crippen LogP) is 2.83. The number of H-pyrrole nitrogens is 2. The zero-order chi connectivity index (χ0) is 17.0. The van der Waals surface area contributed by atoms with Crippen LogP contribution in [0.3, 0.4) is 0 Å². The molecule has 7 nitrogen and oxygen atoms in total. The second kappa shape index (κ2) is 7.19. The Kier molecular flexibility index (Phi) is 5.28. The van der Waals surface area contributed by atoms with Crippen molar-refractivity contribution in [3.63, 3.8) is 0 Å². The number of benzene rings is 2. The Balaban J connectivity index is 0.000000167. The number of hydrogen-bond acceptors (Lipinski definition) is 4. The van der Waals surface area contributed by atoms with Gasteiger partial charge >= 0.3 is 5.97 Å². The number of aromatic nitrogens is 2. The van der Waals surface area contributed by atoms with Crippen molar-refractivity contribution < 1.29 is 9.90 Å². The van der Waals surface area contributed by atoms with Gasteiger partial charge in [0.1, 0.15) is 0 Å². The molecule has 0 unspecified atom stereocenters. The summed E-state index contributed by atoms with van der Waals surface area (Å²) in [6, 6.07) is 9.52. The van der Waals surface area contributed by atoms with Crippen molar-refractivity contribution in [2.45, 2.75) is 0 Å². The third kappa shape index (κ3) is 4.04. The summed E-state index contributed by atoms with van der Waals surface area (Å²) in [5.41, 5.74) is 3.31. The van der Waals surface area contributed by atoms with Crippen LogP contribution < -0.4 is 16.8 Å². The summed E-state index contributed by atoms with van der Waals surface area (Å²) >= 11 is 11.3. The average molecular weight is 355 g/mol. The zero-order valence-electron chi connectivity index (χ0n) is 11.6. The molecule has 1 heterocycles. The third-order valence-electron chi connectivity index (χ3n) is 2.90. The van der Waals surface area contributed by atoms with Crippen molar-refractivity contribution in [3.05, 3.63) is 62.4 Å². The van der Waals surface area contributed by atoms with Gasteiger partial charge in [-0.05, 0) is 36.4 Å². The van der Waals surface area contributed by atoms with Gasteiger partial charge in [0, 0.05) is 10.0 Å². The fourth-order valence-corrected chi connectivity index (χ4v) is 2.17. The predicted molar refractivity (Wildman–Crippen MR) is 90.2 cm³/mol. The van der Waals surface area contributed by atoms with E-state index in [4.69, 9.17) is 34.2 Å². The summed E-state index contributed by atoms with van der Waals surface area (Å²) in [4.78, 5) is 21.6. The molecule has 0 saturated carbocycles. The van der Waals surface area contributed by atoms with Crippen LogP contribution in [0.4, 0.5) is 5.69 Å². The highest BCUT2D eigenvalue weighted by atomic mass is 35.5. The molecule has 23 heavy (non-hydrogen) atoms. The molecule has 0 saturated heterocycles. The van der Waals surface area contributed by atoms with Crippen LogP contribution in [0.5, 0.6) is 0 Å². The number of nitrogens with one attached hydrogen (secondary N) is 3. The number of anilines is 1. The summed E-state index contributed by atoms with van der Waals surface area (Å²) in [5, 5.41) is 15.4. The van der Waals surface area contributed by atoms with E-state index in [1.165, 1.54) is 12.1 Å². The lowest BCUT2D eigenvalue weighted by Crippen LogP contribution is -2.11. The average Bonchev–Trinajstić information content (AvgIpc) is 2.89. The number of carboxylic acids is 1. The Bertz CT molecular complexity index is 904. The standard InChI is InChI=1S/C7H7ClN2O2.C7H5ClN2O/c8-4-1-2-6(10-9)5(3-4)7(11)12;8-4-1-2-6-5(3-4)7(11)10-9-6/h1-3,10H,9H2,(H,11,12);1-3H,(H2,9,10,11). The van der Waals surface area contributed by atoms with Crippen molar-refractivity contribution in [3.8, 4) is 0 Å². The van der Waals surface area contributed by atoms with Gasteiger partial charge in [0.2, 0.25) is 0 Å². The van der Waals surface area contributed by atoms with Crippen LogP contribution in [0.1, 0.15) is 10.4 Å². The van der Waals surface area contributed by atoms with E-state index in [-0.39, 0.29) is 11.1 Å². The van der Waals surface area contributed by atoms with Crippen LogP contribution >= 0.6 is 23.2 Å². The highest BCUT2D eigenvalue weighted by Crippen LogP contribution is 2.19. The SMILES string of the molecule is NNc1ccc(Cl)cc1C(=O)O.O=c1[nH][nH]c2ccc(Cl)cc12. The number of nitrogen functional groups attached to an aromatic ring is 1. The highest BCUT2D eigenvalue weighted by Gasteiger charge is 2.08. The van der Waals surface area contributed by atoms with Crippen molar-refractivity contribution in [2.24, 2.45) is 5.84 Å². The Hall–Kier alpha value is -2.48. The van der Waals surface area contributed by atoms with E-state index in [0.717, 1.165) is 5.52 Å². The molecule has 9 heteroatoms. The number of aromatic carboxylic acids is 1. The monoisotopic (exact) mass is 354 g/mol. The van der Waals surface area contributed by atoms with Crippen molar-refractivity contribution in [2.75, 3.05) is 5.43 Å². The molecule has 6 N–H and O–H groups in total. The van der Waals surface area contributed by atoms with E-state index in [9.17, 15) is 9.59 Å². The fourth-order valence-electron chi connectivity index (χ4n) is 1.82. The molecule has 2 aromatic carbocycles. The van der Waals surface area contributed by atoms with Gasteiger partial charge in [-0.1, -0.05) is 23.2 Å². The zero-order valence-corrected chi connectivity index (χ0v) is 13.1. The van der Waals surface area contributed by atoms with Crippen LogP contribution in [-0.4, -0.2) is 21.3 Å². The molecule has 0 amide bonds. The molecule has 0 radical (unpaired) electrons. The van der Waals surface area contributed by atoms with E-state index < -0.39 is 5.97 Å². The molecular weight excluding hydrogens is 343 g/mol. The molecule has 0 aliphatic rings. The minimum Gasteiger partial charge on any atom is -0.478 e. The van der Waals surface area contributed by atoms with Gasteiger partial charge in [-0.3, -0.25) is 20.8 Å². The maximum atomic E-state index is 11.0. The minimum atomic E-state index is -1.06. The maximum Gasteiger partial charge on any atom is 0.337 e. The first kappa shape index (κ1) is 16.9. The lowest BCUT2D eigenvalue weighted by molar-refractivity contribution is 0.0698. The number of aromatic amines is 2. The Morgan fingerprint density at radius 3 is 2.39 bits per heavy atom. The van der Waals surface area contributed by atoms with Gasteiger partial charge < -0.3 is 10.5 Å². The topological polar surface area (TPSA) is 124 Å². The number of carboxylic acid groups (broad SMARTS) is 1. The quantitative estimate of drug-likeness (QED) is 0.357. The van der Waals surface area contributed by atoms with Gasteiger partial charge in [-0.15, -0.1) is 0 Å². The van der Waals surface area contributed by atoms with Gasteiger partial charge in [0.05, 0.1) is 22.2 Å². The number of hydrogen-bond donors (Lipinski definition) is 5. The van der Waals surface area contributed by atoms with E-state index in [0.29, 0.717) is 21.1 Å². The van der Waals surface area contributed by atoms with Crippen LogP contribution in [0.25, 0.3) is 10.9 Å². The molecule has 3 aromatic rings. The molecule has 0 spiro atoms. The normalized spacial score (nSPS) is 10.0. The second-order valence-electron chi connectivity index (χ2n) is 4.41. The van der Waals surface area contributed by atoms with Crippen LogP contribution in [0.2, 0.25) is 10.0 Å². The van der Waals surface area contributed by atoms with E-state index in [2.05, 4.69) is 15.6 Å². The molecule has 0 bridgehead atoms. The highest BCUT2D eigenvalue weighted by molar-refractivity contribution is 6.31.